The molecule has 1 amide bonds. The van der Waals surface area contributed by atoms with Crippen LogP contribution in [0.2, 0.25) is 0 Å². The number of carbonyl (C=O) groups is 1. The Kier molecular flexibility index (Phi) is 6.24. The van der Waals surface area contributed by atoms with Crippen molar-refractivity contribution in [3.8, 4) is 11.3 Å². The molecule has 0 saturated carbocycles. The van der Waals surface area contributed by atoms with Crippen molar-refractivity contribution >= 4 is 28.4 Å². The van der Waals surface area contributed by atoms with Crippen LogP contribution in [0.4, 0.5) is 11.6 Å². The number of carbonyl (C=O) groups excluding carboxylic acids is 1. The normalized spacial score (nSPS) is 11.1. The molecule has 0 unspecified atom stereocenters. The van der Waals surface area contributed by atoms with Gasteiger partial charge in [0.15, 0.2) is 0 Å². The van der Waals surface area contributed by atoms with Crippen LogP contribution in [-0.2, 0) is 0 Å². The maximum absolute atomic E-state index is 12.4. The standard InChI is InChI=1S/C24H26N6O/c1-30(2)14-6-12-25-23(31)22-16-18-15-19(9-10-20(18)28-22)27-24-26-13-11-21(29-24)17-7-4-3-5-8-17/h3-5,7-11,13,15-16,28H,6,12,14H2,1-2H3,(H,25,31)(H,26,27,29). The molecule has 0 aliphatic heterocycles. The molecule has 31 heavy (non-hydrogen) atoms. The first-order valence-corrected chi connectivity index (χ1v) is 10.3. The number of fused-ring (bicyclic) bond motifs is 1. The van der Waals surface area contributed by atoms with E-state index in [9.17, 15) is 4.79 Å². The van der Waals surface area contributed by atoms with Crippen LogP contribution in [0.3, 0.4) is 0 Å². The van der Waals surface area contributed by atoms with Gasteiger partial charge >= 0.3 is 0 Å². The van der Waals surface area contributed by atoms with Crippen LogP contribution in [0.1, 0.15) is 16.9 Å². The molecule has 0 radical (unpaired) electrons. The van der Waals surface area contributed by atoms with Gasteiger partial charge < -0.3 is 20.5 Å². The van der Waals surface area contributed by atoms with Gasteiger partial charge in [-0.1, -0.05) is 30.3 Å². The highest BCUT2D eigenvalue weighted by Gasteiger charge is 2.10. The molecule has 0 fully saturated rings. The second-order valence-electron chi connectivity index (χ2n) is 7.65. The number of amides is 1. The number of nitrogens with one attached hydrogen (secondary N) is 3. The third-order valence-corrected chi connectivity index (χ3v) is 4.91. The zero-order valence-corrected chi connectivity index (χ0v) is 17.7. The Morgan fingerprint density at radius 3 is 2.71 bits per heavy atom. The van der Waals surface area contributed by atoms with E-state index in [0.717, 1.165) is 40.8 Å². The van der Waals surface area contributed by atoms with E-state index in [0.29, 0.717) is 18.2 Å². The summed E-state index contributed by atoms with van der Waals surface area (Å²) in [6.07, 6.45) is 2.65. The molecule has 0 atom stereocenters. The van der Waals surface area contributed by atoms with E-state index in [1.807, 2.05) is 74.8 Å². The largest absolute Gasteiger partial charge is 0.351 e. The zero-order valence-electron chi connectivity index (χ0n) is 17.7. The first-order valence-electron chi connectivity index (χ1n) is 10.3. The lowest BCUT2D eigenvalue weighted by atomic mass is 10.1. The quantitative estimate of drug-likeness (QED) is 0.379. The molecule has 0 aliphatic rings. The fourth-order valence-electron chi connectivity index (χ4n) is 3.34. The van der Waals surface area contributed by atoms with Crippen LogP contribution < -0.4 is 10.6 Å². The van der Waals surface area contributed by atoms with E-state index < -0.39 is 0 Å². The summed E-state index contributed by atoms with van der Waals surface area (Å²) in [6, 6.07) is 19.6. The van der Waals surface area contributed by atoms with E-state index >= 15 is 0 Å². The smallest absolute Gasteiger partial charge is 0.267 e. The van der Waals surface area contributed by atoms with Crippen LogP contribution in [0.15, 0.2) is 66.9 Å². The summed E-state index contributed by atoms with van der Waals surface area (Å²) < 4.78 is 0. The highest BCUT2D eigenvalue weighted by atomic mass is 16.1. The number of rotatable bonds is 8. The Bertz CT molecular complexity index is 1170. The van der Waals surface area contributed by atoms with Gasteiger partial charge in [0.2, 0.25) is 5.95 Å². The number of nitrogens with zero attached hydrogens (tertiary/aromatic N) is 3. The molecule has 7 nitrogen and oxygen atoms in total. The van der Waals surface area contributed by atoms with Gasteiger partial charge in [0.05, 0.1) is 5.69 Å². The summed E-state index contributed by atoms with van der Waals surface area (Å²) in [6.45, 7) is 1.59. The van der Waals surface area contributed by atoms with Crippen molar-refractivity contribution in [2.75, 3.05) is 32.5 Å². The molecule has 4 rings (SSSR count). The van der Waals surface area contributed by atoms with Crippen molar-refractivity contribution < 1.29 is 4.79 Å². The zero-order chi connectivity index (χ0) is 21.6. The van der Waals surface area contributed by atoms with Crippen LogP contribution >= 0.6 is 0 Å². The molecule has 2 heterocycles. The SMILES string of the molecule is CN(C)CCCNC(=O)c1cc2cc(Nc3nccc(-c4ccccc4)n3)ccc2[nH]1. The van der Waals surface area contributed by atoms with E-state index in [1.165, 1.54) is 0 Å². The van der Waals surface area contributed by atoms with Crippen molar-refractivity contribution in [3.63, 3.8) is 0 Å². The van der Waals surface area contributed by atoms with Gasteiger partial charge in [-0.15, -0.1) is 0 Å². The van der Waals surface area contributed by atoms with Crippen LogP contribution in [-0.4, -0.2) is 52.9 Å². The summed E-state index contributed by atoms with van der Waals surface area (Å²) in [4.78, 5) is 26.6. The summed E-state index contributed by atoms with van der Waals surface area (Å²) in [5.74, 6) is 0.429. The van der Waals surface area contributed by atoms with Gasteiger partial charge in [-0.3, -0.25) is 4.79 Å². The highest BCUT2D eigenvalue weighted by Crippen LogP contribution is 2.23. The average molecular weight is 415 g/mol. The Morgan fingerprint density at radius 1 is 1.06 bits per heavy atom. The minimum absolute atomic E-state index is 0.0941. The number of H-pyrrole nitrogens is 1. The number of hydrogen-bond donors (Lipinski definition) is 3. The van der Waals surface area contributed by atoms with Gasteiger partial charge in [-0.05, 0) is 57.4 Å². The molecule has 2 aromatic carbocycles. The van der Waals surface area contributed by atoms with Crippen molar-refractivity contribution in [3.05, 3.63) is 72.6 Å². The molecular weight excluding hydrogens is 388 g/mol. The average Bonchev–Trinajstić information content (AvgIpc) is 3.21. The van der Waals surface area contributed by atoms with Crippen molar-refractivity contribution in [1.29, 1.82) is 0 Å². The summed E-state index contributed by atoms with van der Waals surface area (Å²) >= 11 is 0. The van der Waals surface area contributed by atoms with E-state index in [1.54, 1.807) is 6.20 Å². The predicted molar refractivity (Wildman–Crippen MR) is 125 cm³/mol. The summed E-state index contributed by atoms with van der Waals surface area (Å²) in [5, 5.41) is 7.16. The van der Waals surface area contributed by atoms with Gasteiger partial charge in [-0.2, -0.15) is 0 Å². The topological polar surface area (TPSA) is 85.9 Å². The number of benzene rings is 2. The third kappa shape index (κ3) is 5.26. The molecule has 158 valence electrons. The molecule has 7 heteroatoms. The number of aromatic nitrogens is 3. The number of aromatic amines is 1. The lowest BCUT2D eigenvalue weighted by Crippen LogP contribution is -2.27. The lowest BCUT2D eigenvalue weighted by molar-refractivity contribution is 0.0948. The Hall–Kier alpha value is -3.71. The van der Waals surface area contributed by atoms with Gasteiger partial charge in [0.25, 0.3) is 5.91 Å². The Labute approximate surface area is 181 Å². The second kappa shape index (κ2) is 9.40. The highest BCUT2D eigenvalue weighted by molar-refractivity contribution is 5.98. The molecular formula is C24H26N6O. The molecule has 4 aromatic rings. The first kappa shape index (κ1) is 20.6. The third-order valence-electron chi connectivity index (χ3n) is 4.91. The fourth-order valence-corrected chi connectivity index (χ4v) is 3.34. The van der Waals surface area contributed by atoms with Gasteiger partial charge in [0, 0.05) is 34.9 Å². The summed E-state index contributed by atoms with van der Waals surface area (Å²) in [5.41, 5.74) is 4.21. The van der Waals surface area contributed by atoms with Gasteiger partial charge in [-0.25, -0.2) is 9.97 Å². The molecule has 2 aromatic heterocycles. The van der Waals surface area contributed by atoms with Crippen LogP contribution in [0, 0.1) is 0 Å². The van der Waals surface area contributed by atoms with Crippen LogP contribution in [0.25, 0.3) is 22.2 Å². The molecule has 3 N–H and O–H groups in total. The first-order chi connectivity index (χ1) is 15.1. The minimum Gasteiger partial charge on any atom is -0.351 e. The summed E-state index contributed by atoms with van der Waals surface area (Å²) in [7, 11) is 4.04. The van der Waals surface area contributed by atoms with E-state index in [4.69, 9.17) is 0 Å². The van der Waals surface area contributed by atoms with Crippen LogP contribution in [0.5, 0.6) is 0 Å². The maximum atomic E-state index is 12.4. The minimum atomic E-state index is -0.0941. The number of hydrogen-bond acceptors (Lipinski definition) is 5. The lowest BCUT2D eigenvalue weighted by Gasteiger charge is -2.09. The fraction of sp³-hybridized carbons (Fsp3) is 0.208. The maximum Gasteiger partial charge on any atom is 0.267 e. The Balaban J connectivity index is 1.46. The second-order valence-corrected chi connectivity index (χ2v) is 7.65. The van der Waals surface area contributed by atoms with E-state index in [-0.39, 0.29) is 5.91 Å². The molecule has 0 spiro atoms. The van der Waals surface area contributed by atoms with Gasteiger partial charge in [0.1, 0.15) is 5.69 Å². The molecule has 0 bridgehead atoms. The molecule has 0 saturated heterocycles. The number of anilines is 2. The van der Waals surface area contributed by atoms with Crippen molar-refractivity contribution in [1.82, 2.24) is 25.2 Å². The Morgan fingerprint density at radius 2 is 1.90 bits per heavy atom. The monoisotopic (exact) mass is 414 g/mol. The van der Waals surface area contributed by atoms with Crippen molar-refractivity contribution in [2.45, 2.75) is 6.42 Å². The van der Waals surface area contributed by atoms with Crippen molar-refractivity contribution in [2.24, 2.45) is 0 Å². The predicted octanol–water partition coefficient (Wildman–Crippen LogP) is 4.05. The molecule has 0 aliphatic carbocycles. The van der Waals surface area contributed by atoms with E-state index in [2.05, 4.69) is 30.5 Å².